The first-order valence-corrected chi connectivity index (χ1v) is 6.86. The van der Waals surface area contributed by atoms with Crippen LogP contribution in [0.15, 0.2) is 16.6 Å². The van der Waals surface area contributed by atoms with Crippen LogP contribution in [0.25, 0.3) is 0 Å². The lowest BCUT2D eigenvalue weighted by Gasteiger charge is -2.29. The first kappa shape index (κ1) is 14.2. The molecule has 0 aromatic heterocycles. The van der Waals surface area contributed by atoms with E-state index in [1.165, 1.54) is 0 Å². The van der Waals surface area contributed by atoms with Crippen LogP contribution >= 0.6 is 15.9 Å². The molecule has 7 heteroatoms. The van der Waals surface area contributed by atoms with Crippen LogP contribution in [-0.4, -0.2) is 22.2 Å². The molecule has 0 saturated heterocycles. The van der Waals surface area contributed by atoms with Crippen molar-refractivity contribution in [2.75, 3.05) is 5.32 Å². The number of anilines is 1. The molecule has 2 rings (SSSR count). The number of nitrogens with zero attached hydrogens (tertiary/aromatic N) is 1. The maximum Gasteiger partial charge on any atom is 0.293 e. The molecule has 2 unspecified atom stereocenters. The molecule has 0 heterocycles. The molecule has 5 nitrogen and oxygen atoms in total. The van der Waals surface area contributed by atoms with Gasteiger partial charge in [-0.2, -0.15) is 0 Å². The normalized spacial score (nSPS) is 23.1. The fourth-order valence-electron chi connectivity index (χ4n) is 2.28. The van der Waals surface area contributed by atoms with Crippen LogP contribution in [0.3, 0.4) is 0 Å². The van der Waals surface area contributed by atoms with Gasteiger partial charge in [-0.15, -0.1) is 0 Å². The minimum Gasteiger partial charge on any atom is -0.391 e. The van der Waals surface area contributed by atoms with Gasteiger partial charge in [0, 0.05) is 12.1 Å². The molecule has 104 valence electrons. The summed E-state index contributed by atoms with van der Waals surface area (Å²) in [5, 5.41) is 23.7. The van der Waals surface area contributed by atoms with Crippen LogP contribution in [0, 0.1) is 15.9 Å². The van der Waals surface area contributed by atoms with E-state index in [1.807, 2.05) is 0 Å². The second kappa shape index (κ2) is 5.83. The highest BCUT2D eigenvalue weighted by molar-refractivity contribution is 9.10. The minimum atomic E-state index is -0.571. The minimum absolute atomic E-state index is 0.0499. The summed E-state index contributed by atoms with van der Waals surface area (Å²) in [6, 6.07) is 1.95. The molecular weight excluding hydrogens is 319 g/mol. The molecule has 1 fully saturated rings. The molecule has 1 aliphatic carbocycles. The Hall–Kier alpha value is -1.21. The van der Waals surface area contributed by atoms with Gasteiger partial charge in [0.1, 0.15) is 11.5 Å². The van der Waals surface area contributed by atoms with Crippen molar-refractivity contribution in [3.63, 3.8) is 0 Å². The fourth-order valence-corrected chi connectivity index (χ4v) is 2.61. The number of halogens is 2. The van der Waals surface area contributed by atoms with Crippen LogP contribution in [0.2, 0.25) is 0 Å². The molecule has 1 aromatic rings. The number of nitro benzene ring substituents is 1. The SMILES string of the molecule is O=[N+]([O-])c1cc(Br)c(F)cc1NC1CCCCC1O. The summed E-state index contributed by atoms with van der Waals surface area (Å²) in [7, 11) is 0. The number of benzene rings is 1. The zero-order valence-electron chi connectivity index (χ0n) is 10.1. The highest BCUT2D eigenvalue weighted by Crippen LogP contribution is 2.32. The number of hydrogen-bond donors (Lipinski definition) is 2. The van der Waals surface area contributed by atoms with Crippen LogP contribution in [0.4, 0.5) is 15.8 Å². The molecule has 0 aliphatic heterocycles. The van der Waals surface area contributed by atoms with Gasteiger partial charge in [0.05, 0.1) is 21.5 Å². The lowest BCUT2D eigenvalue weighted by Crippen LogP contribution is -2.36. The summed E-state index contributed by atoms with van der Waals surface area (Å²) in [6.45, 7) is 0. The molecule has 1 aliphatic rings. The number of hydrogen-bond acceptors (Lipinski definition) is 4. The molecule has 2 N–H and O–H groups in total. The van der Waals surface area contributed by atoms with Gasteiger partial charge < -0.3 is 10.4 Å². The number of aliphatic hydroxyl groups excluding tert-OH is 1. The van der Waals surface area contributed by atoms with Crippen molar-refractivity contribution >= 4 is 27.3 Å². The summed E-state index contributed by atoms with van der Waals surface area (Å²) >= 11 is 2.93. The summed E-state index contributed by atoms with van der Waals surface area (Å²) in [6.07, 6.45) is 2.71. The average molecular weight is 333 g/mol. The molecular formula is C12H14BrFN2O3. The van der Waals surface area contributed by atoms with E-state index < -0.39 is 16.8 Å². The van der Waals surface area contributed by atoms with E-state index in [4.69, 9.17) is 0 Å². The van der Waals surface area contributed by atoms with E-state index in [1.54, 1.807) is 0 Å². The maximum absolute atomic E-state index is 13.5. The summed E-state index contributed by atoms with van der Waals surface area (Å²) in [5.41, 5.74) is -0.0947. The van der Waals surface area contributed by atoms with Crippen LogP contribution in [0.1, 0.15) is 25.7 Å². The Kier molecular flexibility index (Phi) is 4.36. The first-order chi connectivity index (χ1) is 8.99. The van der Waals surface area contributed by atoms with Gasteiger partial charge in [0.15, 0.2) is 0 Å². The Balaban J connectivity index is 2.27. The molecule has 0 bridgehead atoms. The van der Waals surface area contributed by atoms with Crippen molar-refractivity contribution < 1.29 is 14.4 Å². The number of nitro groups is 1. The topological polar surface area (TPSA) is 75.4 Å². The summed E-state index contributed by atoms with van der Waals surface area (Å²) in [5.74, 6) is -0.571. The number of aliphatic hydroxyl groups is 1. The van der Waals surface area contributed by atoms with Crippen molar-refractivity contribution in [1.82, 2.24) is 0 Å². The monoisotopic (exact) mass is 332 g/mol. The predicted molar refractivity (Wildman–Crippen MR) is 72.6 cm³/mol. The maximum atomic E-state index is 13.5. The third kappa shape index (κ3) is 3.22. The average Bonchev–Trinajstić information content (AvgIpc) is 2.36. The Morgan fingerprint density at radius 2 is 2.11 bits per heavy atom. The second-order valence-corrected chi connectivity index (χ2v) is 5.50. The lowest BCUT2D eigenvalue weighted by atomic mass is 9.92. The predicted octanol–water partition coefficient (Wildman–Crippen LogP) is 3.21. The van der Waals surface area contributed by atoms with E-state index in [-0.39, 0.29) is 21.9 Å². The largest absolute Gasteiger partial charge is 0.391 e. The van der Waals surface area contributed by atoms with E-state index >= 15 is 0 Å². The quantitative estimate of drug-likeness (QED) is 0.658. The smallest absolute Gasteiger partial charge is 0.293 e. The third-order valence-electron chi connectivity index (χ3n) is 3.31. The summed E-state index contributed by atoms with van der Waals surface area (Å²) in [4.78, 5) is 10.4. The van der Waals surface area contributed by atoms with E-state index in [2.05, 4.69) is 21.2 Å². The molecule has 0 radical (unpaired) electrons. The summed E-state index contributed by atoms with van der Waals surface area (Å²) < 4.78 is 13.6. The van der Waals surface area contributed by atoms with Gasteiger partial charge >= 0.3 is 0 Å². The molecule has 0 spiro atoms. The Bertz CT molecular complexity index is 498. The highest BCUT2D eigenvalue weighted by atomic mass is 79.9. The Labute approximate surface area is 118 Å². The Morgan fingerprint density at radius 1 is 1.42 bits per heavy atom. The third-order valence-corrected chi connectivity index (χ3v) is 3.91. The molecule has 1 saturated carbocycles. The number of nitrogens with one attached hydrogen (secondary N) is 1. The first-order valence-electron chi connectivity index (χ1n) is 6.07. The standard InChI is InChI=1S/C12H14BrFN2O3/c13-7-5-11(16(18)19)10(6-8(7)14)15-9-3-1-2-4-12(9)17/h5-6,9,12,15,17H,1-4H2. The van der Waals surface area contributed by atoms with E-state index in [0.29, 0.717) is 6.42 Å². The molecule has 1 aromatic carbocycles. The van der Waals surface area contributed by atoms with Crippen molar-refractivity contribution in [1.29, 1.82) is 0 Å². The van der Waals surface area contributed by atoms with Gasteiger partial charge in [-0.25, -0.2) is 4.39 Å². The van der Waals surface area contributed by atoms with Gasteiger partial charge in [-0.1, -0.05) is 12.8 Å². The second-order valence-electron chi connectivity index (χ2n) is 4.64. The zero-order chi connectivity index (χ0) is 14.0. The van der Waals surface area contributed by atoms with Crippen molar-refractivity contribution in [3.8, 4) is 0 Å². The molecule has 0 amide bonds. The zero-order valence-corrected chi connectivity index (χ0v) is 11.7. The van der Waals surface area contributed by atoms with Gasteiger partial charge in [-0.05, 0) is 28.8 Å². The van der Waals surface area contributed by atoms with Crippen LogP contribution in [0.5, 0.6) is 0 Å². The van der Waals surface area contributed by atoms with Gasteiger partial charge in [0.2, 0.25) is 0 Å². The van der Waals surface area contributed by atoms with E-state index in [0.717, 1.165) is 31.4 Å². The van der Waals surface area contributed by atoms with Gasteiger partial charge in [-0.3, -0.25) is 10.1 Å². The number of rotatable bonds is 3. The van der Waals surface area contributed by atoms with Crippen molar-refractivity contribution in [3.05, 3.63) is 32.5 Å². The molecule has 19 heavy (non-hydrogen) atoms. The highest BCUT2D eigenvalue weighted by Gasteiger charge is 2.26. The van der Waals surface area contributed by atoms with Crippen LogP contribution < -0.4 is 5.32 Å². The van der Waals surface area contributed by atoms with Gasteiger partial charge in [0.25, 0.3) is 5.69 Å². The fraction of sp³-hybridized carbons (Fsp3) is 0.500. The Morgan fingerprint density at radius 3 is 2.74 bits per heavy atom. The van der Waals surface area contributed by atoms with Crippen molar-refractivity contribution in [2.24, 2.45) is 0 Å². The van der Waals surface area contributed by atoms with E-state index in [9.17, 15) is 19.6 Å². The lowest BCUT2D eigenvalue weighted by molar-refractivity contribution is -0.384. The van der Waals surface area contributed by atoms with Crippen LogP contribution in [-0.2, 0) is 0 Å². The molecule has 2 atom stereocenters. The van der Waals surface area contributed by atoms with Crippen molar-refractivity contribution in [2.45, 2.75) is 37.8 Å².